The van der Waals surface area contributed by atoms with Crippen LogP contribution >= 0.6 is 11.8 Å². The highest BCUT2D eigenvalue weighted by Crippen LogP contribution is 2.34. The van der Waals surface area contributed by atoms with E-state index in [0.717, 1.165) is 22.2 Å². The number of hydrogen-bond acceptors (Lipinski definition) is 6. The fourth-order valence-corrected chi connectivity index (χ4v) is 3.69. The molecule has 1 aliphatic rings. The van der Waals surface area contributed by atoms with E-state index in [9.17, 15) is 14.4 Å². The number of nitrogens with zero attached hydrogens (tertiary/aromatic N) is 1. The van der Waals surface area contributed by atoms with Crippen LogP contribution in [0.2, 0.25) is 0 Å². The second-order valence-electron chi connectivity index (χ2n) is 6.51. The number of carboxylic acid groups (broad SMARTS) is 1. The van der Waals surface area contributed by atoms with E-state index >= 15 is 0 Å². The lowest BCUT2D eigenvalue weighted by molar-refractivity contribution is -0.122. The van der Waals surface area contributed by atoms with Crippen LogP contribution in [-0.4, -0.2) is 40.3 Å². The van der Waals surface area contributed by atoms with E-state index in [1.54, 1.807) is 36.4 Å². The second-order valence-corrected chi connectivity index (χ2v) is 7.50. The maximum atomic E-state index is 12.4. The van der Waals surface area contributed by atoms with E-state index in [-0.39, 0.29) is 29.9 Å². The number of ether oxygens (including phenoxy) is 2. The normalized spacial score (nSPS) is 14.7. The Morgan fingerprint density at radius 2 is 1.87 bits per heavy atom. The molecule has 2 amide bonds. The molecule has 1 heterocycles. The van der Waals surface area contributed by atoms with Crippen LogP contribution in [0.4, 0.5) is 4.79 Å². The SMILES string of the molecule is C=CCN1C(=O)S/C(=C\c2ccc(OCc3ccc(C(=O)O)cc3)c(OCC)c2)C1=O. The zero-order chi connectivity index (χ0) is 22.4. The standard InChI is InChI=1S/C23H21NO6S/c1-3-11-24-21(25)20(31-23(24)28)13-16-7-10-18(19(12-16)29-4-2)30-14-15-5-8-17(9-6-15)22(26)27/h3,5-10,12-13H,1,4,11,14H2,2H3,(H,26,27)/b20-13-. The summed E-state index contributed by atoms with van der Waals surface area (Å²) >= 11 is 0.888. The van der Waals surface area contributed by atoms with Crippen molar-refractivity contribution >= 4 is 35.0 Å². The first-order chi connectivity index (χ1) is 14.9. The minimum Gasteiger partial charge on any atom is -0.490 e. The zero-order valence-corrected chi connectivity index (χ0v) is 17.7. The van der Waals surface area contributed by atoms with Crippen molar-refractivity contribution in [3.05, 3.63) is 76.7 Å². The first-order valence-corrected chi connectivity index (χ1v) is 10.3. The molecule has 7 nitrogen and oxygen atoms in total. The number of hydrogen-bond donors (Lipinski definition) is 1. The van der Waals surface area contributed by atoms with Gasteiger partial charge in [0.1, 0.15) is 6.61 Å². The van der Waals surface area contributed by atoms with Crippen LogP contribution in [0.3, 0.4) is 0 Å². The van der Waals surface area contributed by atoms with Gasteiger partial charge < -0.3 is 14.6 Å². The Hall–Kier alpha value is -3.52. The molecule has 8 heteroatoms. The summed E-state index contributed by atoms with van der Waals surface area (Å²) in [7, 11) is 0. The van der Waals surface area contributed by atoms with Crippen LogP contribution in [0.1, 0.15) is 28.4 Å². The van der Waals surface area contributed by atoms with Crippen molar-refractivity contribution in [2.24, 2.45) is 0 Å². The Bertz CT molecular complexity index is 1040. The average molecular weight is 439 g/mol. The van der Waals surface area contributed by atoms with Gasteiger partial charge in [-0.2, -0.15) is 0 Å². The Labute approximate surface area is 184 Å². The van der Waals surface area contributed by atoms with E-state index < -0.39 is 5.97 Å². The van der Waals surface area contributed by atoms with Gasteiger partial charge in [0.15, 0.2) is 11.5 Å². The minimum atomic E-state index is -0.982. The molecule has 0 atom stereocenters. The van der Waals surface area contributed by atoms with Gasteiger partial charge in [-0.1, -0.05) is 24.3 Å². The number of carbonyl (C=O) groups excluding carboxylic acids is 2. The second kappa shape index (κ2) is 9.99. The Morgan fingerprint density at radius 3 is 2.52 bits per heavy atom. The molecule has 2 aromatic rings. The molecule has 1 N–H and O–H groups in total. The van der Waals surface area contributed by atoms with Crippen LogP contribution in [0.25, 0.3) is 6.08 Å². The van der Waals surface area contributed by atoms with Crippen LogP contribution < -0.4 is 9.47 Å². The van der Waals surface area contributed by atoms with Gasteiger partial charge in [0.05, 0.1) is 17.1 Å². The Kier molecular flexibility index (Phi) is 7.15. The number of thioether (sulfide) groups is 1. The molecule has 31 heavy (non-hydrogen) atoms. The maximum absolute atomic E-state index is 12.4. The fraction of sp³-hybridized carbons (Fsp3) is 0.174. The van der Waals surface area contributed by atoms with Crippen molar-refractivity contribution < 1.29 is 29.0 Å². The van der Waals surface area contributed by atoms with Crippen molar-refractivity contribution in [3.63, 3.8) is 0 Å². The summed E-state index contributed by atoms with van der Waals surface area (Å²) in [4.78, 5) is 36.8. The molecular weight excluding hydrogens is 418 g/mol. The zero-order valence-electron chi connectivity index (χ0n) is 16.9. The third-order valence-corrected chi connectivity index (χ3v) is 5.25. The predicted molar refractivity (Wildman–Crippen MR) is 118 cm³/mol. The topological polar surface area (TPSA) is 93.1 Å². The summed E-state index contributed by atoms with van der Waals surface area (Å²) < 4.78 is 11.5. The van der Waals surface area contributed by atoms with Gasteiger partial charge in [0, 0.05) is 6.54 Å². The largest absolute Gasteiger partial charge is 0.490 e. The van der Waals surface area contributed by atoms with E-state index in [1.165, 1.54) is 18.2 Å². The highest BCUT2D eigenvalue weighted by atomic mass is 32.2. The van der Waals surface area contributed by atoms with Crippen molar-refractivity contribution in [2.45, 2.75) is 13.5 Å². The summed E-state index contributed by atoms with van der Waals surface area (Å²) in [5.41, 5.74) is 1.72. The first-order valence-electron chi connectivity index (χ1n) is 9.51. The van der Waals surface area contributed by atoms with Crippen LogP contribution in [0.15, 0.2) is 60.0 Å². The fourth-order valence-electron chi connectivity index (χ4n) is 2.84. The molecule has 0 aliphatic carbocycles. The van der Waals surface area contributed by atoms with Gasteiger partial charge in [-0.15, -0.1) is 6.58 Å². The van der Waals surface area contributed by atoms with Gasteiger partial charge in [0.25, 0.3) is 11.1 Å². The molecule has 160 valence electrons. The molecule has 0 spiro atoms. The minimum absolute atomic E-state index is 0.173. The number of aromatic carboxylic acids is 1. The van der Waals surface area contributed by atoms with Gasteiger partial charge in [-0.25, -0.2) is 4.79 Å². The van der Waals surface area contributed by atoms with Gasteiger partial charge >= 0.3 is 5.97 Å². The van der Waals surface area contributed by atoms with Gasteiger partial charge in [-0.05, 0) is 60.2 Å². The summed E-state index contributed by atoms with van der Waals surface area (Å²) in [6.07, 6.45) is 3.15. The van der Waals surface area contributed by atoms with Gasteiger partial charge in [-0.3, -0.25) is 14.5 Å². The van der Waals surface area contributed by atoms with E-state index in [1.807, 2.05) is 6.92 Å². The van der Waals surface area contributed by atoms with Gasteiger partial charge in [0.2, 0.25) is 0 Å². The molecule has 2 aromatic carbocycles. The van der Waals surface area contributed by atoms with Crippen molar-refractivity contribution in [2.75, 3.05) is 13.2 Å². The summed E-state index contributed by atoms with van der Waals surface area (Å²) in [6, 6.07) is 11.7. The molecule has 1 aliphatic heterocycles. The molecule has 0 aromatic heterocycles. The third kappa shape index (κ3) is 5.35. The molecule has 1 saturated heterocycles. The highest BCUT2D eigenvalue weighted by molar-refractivity contribution is 8.18. The molecule has 0 saturated carbocycles. The molecular formula is C23H21NO6S. The smallest absolute Gasteiger partial charge is 0.335 e. The Morgan fingerprint density at radius 1 is 1.13 bits per heavy atom. The van der Waals surface area contributed by atoms with Crippen molar-refractivity contribution in [3.8, 4) is 11.5 Å². The molecule has 0 radical (unpaired) electrons. The monoisotopic (exact) mass is 439 g/mol. The average Bonchev–Trinajstić information content (AvgIpc) is 3.01. The molecule has 3 rings (SSSR count). The number of imide groups is 1. The maximum Gasteiger partial charge on any atom is 0.335 e. The molecule has 0 unspecified atom stereocenters. The number of rotatable bonds is 9. The lowest BCUT2D eigenvalue weighted by Gasteiger charge is -2.13. The summed E-state index contributed by atoms with van der Waals surface area (Å²) in [5, 5.41) is 8.65. The van der Waals surface area contributed by atoms with E-state index in [0.29, 0.717) is 28.6 Å². The lowest BCUT2D eigenvalue weighted by atomic mass is 10.1. The number of amides is 2. The number of carbonyl (C=O) groups is 3. The number of carboxylic acids is 1. The van der Waals surface area contributed by atoms with E-state index in [4.69, 9.17) is 14.6 Å². The van der Waals surface area contributed by atoms with Crippen LogP contribution in [-0.2, 0) is 11.4 Å². The predicted octanol–water partition coefficient (Wildman–Crippen LogP) is 4.58. The summed E-state index contributed by atoms with van der Waals surface area (Å²) in [6.45, 7) is 6.24. The third-order valence-electron chi connectivity index (χ3n) is 4.35. The molecule has 0 bridgehead atoms. The van der Waals surface area contributed by atoms with Crippen LogP contribution in [0, 0.1) is 0 Å². The molecule has 1 fully saturated rings. The van der Waals surface area contributed by atoms with Crippen LogP contribution in [0.5, 0.6) is 11.5 Å². The quantitative estimate of drug-likeness (QED) is 0.451. The van der Waals surface area contributed by atoms with E-state index in [2.05, 4.69) is 6.58 Å². The summed E-state index contributed by atoms with van der Waals surface area (Å²) in [5.74, 6) is -0.313. The highest BCUT2D eigenvalue weighted by Gasteiger charge is 2.34. The van der Waals surface area contributed by atoms with Crippen molar-refractivity contribution in [1.29, 1.82) is 0 Å². The van der Waals surface area contributed by atoms with Crippen molar-refractivity contribution in [1.82, 2.24) is 4.90 Å². The lowest BCUT2D eigenvalue weighted by Crippen LogP contribution is -2.27. The number of benzene rings is 2. The first kappa shape index (κ1) is 22.2. The Balaban J connectivity index is 1.76.